The lowest BCUT2D eigenvalue weighted by atomic mass is 9.89. The number of carbonyl (C=O) groups is 1. The number of piperidine rings is 1. The van der Waals surface area contributed by atoms with Crippen LogP contribution in [0.2, 0.25) is 0 Å². The summed E-state index contributed by atoms with van der Waals surface area (Å²) < 4.78 is 10.7. The number of hydrogen-bond acceptors (Lipinski definition) is 6. The van der Waals surface area contributed by atoms with Gasteiger partial charge in [-0.15, -0.1) is 0 Å². The van der Waals surface area contributed by atoms with E-state index in [-0.39, 0.29) is 11.7 Å². The Morgan fingerprint density at radius 2 is 1.93 bits per heavy atom. The van der Waals surface area contributed by atoms with Crippen LogP contribution in [0.25, 0.3) is 11.4 Å². The first-order valence-corrected chi connectivity index (χ1v) is 9.51. The summed E-state index contributed by atoms with van der Waals surface area (Å²) in [5, 5.41) is 4.09. The van der Waals surface area contributed by atoms with Gasteiger partial charge in [0.2, 0.25) is 11.7 Å². The van der Waals surface area contributed by atoms with Crippen LogP contribution in [0.4, 0.5) is 0 Å². The second kappa shape index (κ2) is 8.35. The molecule has 0 unspecified atom stereocenters. The van der Waals surface area contributed by atoms with E-state index in [1.54, 1.807) is 7.11 Å². The van der Waals surface area contributed by atoms with E-state index in [0.717, 1.165) is 42.8 Å². The van der Waals surface area contributed by atoms with E-state index in [4.69, 9.17) is 9.26 Å². The molecule has 1 fully saturated rings. The highest BCUT2D eigenvalue weighted by atomic mass is 16.5. The van der Waals surface area contributed by atoms with Crippen molar-refractivity contribution >= 4 is 5.78 Å². The highest BCUT2D eigenvalue weighted by Crippen LogP contribution is 2.24. The van der Waals surface area contributed by atoms with Gasteiger partial charge in [-0.2, -0.15) is 4.98 Å². The van der Waals surface area contributed by atoms with E-state index in [1.807, 2.05) is 54.6 Å². The number of aromatic nitrogens is 2. The zero-order valence-electron chi connectivity index (χ0n) is 15.9. The minimum absolute atomic E-state index is 0.0914. The molecule has 6 nitrogen and oxygen atoms in total. The molecule has 0 N–H and O–H groups in total. The third-order valence-electron chi connectivity index (χ3n) is 5.17. The van der Waals surface area contributed by atoms with Gasteiger partial charge in [0.25, 0.3) is 0 Å². The number of benzene rings is 2. The molecule has 28 heavy (non-hydrogen) atoms. The average molecular weight is 377 g/mol. The highest BCUT2D eigenvalue weighted by molar-refractivity contribution is 5.97. The Bertz CT molecular complexity index is 931. The number of hydrogen-bond donors (Lipinski definition) is 0. The van der Waals surface area contributed by atoms with Gasteiger partial charge in [0.1, 0.15) is 5.75 Å². The van der Waals surface area contributed by atoms with Crippen LogP contribution < -0.4 is 4.74 Å². The van der Waals surface area contributed by atoms with E-state index in [0.29, 0.717) is 18.3 Å². The minimum atomic E-state index is 0.0914. The molecule has 0 atom stereocenters. The van der Waals surface area contributed by atoms with Crippen molar-refractivity contribution in [3.05, 3.63) is 66.1 Å². The lowest BCUT2D eigenvalue weighted by molar-refractivity contribution is 0.0825. The maximum atomic E-state index is 12.6. The summed E-state index contributed by atoms with van der Waals surface area (Å²) in [5.41, 5.74) is 1.67. The SMILES string of the molecule is COc1cccc(-c2noc(CN3CCC(C(=O)c4ccccc4)CC3)n2)c1. The van der Waals surface area contributed by atoms with Gasteiger partial charge >= 0.3 is 0 Å². The molecule has 6 heteroatoms. The second-order valence-electron chi connectivity index (χ2n) is 7.02. The Hall–Kier alpha value is -2.99. The second-order valence-corrected chi connectivity index (χ2v) is 7.02. The first kappa shape index (κ1) is 18.4. The van der Waals surface area contributed by atoms with Crippen LogP contribution in [0.15, 0.2) is 59.1 Å². The lowest BCUT2D eigenvalue weighted by Crippen LogP contribution is -2.36. The number of likely N-dealkylation sites (tertiary alicyclic amines) is 1. The van der Waals surface area contributed by atoms with Gasteiger partial charge in [-0.1, -0.05) is 47.6 Å². The number of rotatable bonds is 6. The van der Waals surface area contributed by atoms with E-state index in [1.165, 1.54) is 0 Å². The monoisotopic (exact) mass is 377 g/mol. The summed E-state index contributed by atoms with van der Waals surface area (Å²) in [6.45, 7) is 2.30. The molecule has 1 aliphatic rings. The fraction of sp³-hybridized carbons (Fsp3) is 0.318. The van der Waals surface area contributed by atoms with Crippen LogP contribution in [0, 0.1) is 5.92 Å². The van der Waals surface area contributed by atoms with Crippen LogP contribution in [0.1, 0.15) is 29.1 Å². The standard InChI is InChI=1S/C22H23N3O3/c1-27-19-9-5-8-18(14-19)22-23-20(28-24-22)15-25-12-10-17(11-13-25)21(26)16-6-3-2-4-7-16/h2-9,14,17H,10-13,15H2,1H3. The van der Waals surface area contributed by atoms with Gasteiger partial charge in [-0.25, -0.2) is 0 Å². The fourth-order valence-electron chi connectivity index (χ4n) is 3.58. The molecule has 2 heterocycles. The first-order chi connectivity index (χ1) is 13.7. The lowest BCUT2D eigenvalue weighted by Gasteiger charge is -2.30. The van der Waals surface area contributed by atoms with Crippen molar-refractivity contribution in [3.63, 3.8) is 0 Å². The number of nitrogens with zero attached hydrogens (tertiary/aromatic N) is 3. The van der Waals surface area contributed by atoms with Gasteiger partial charge in [0, 0.05) is 17.0 Å². The molecular formula is C22H23N3O3. The Labute approximate surface area is 164 Å². The maximum Gasteiger partial charge on any atom is 0.241 e. The Morgan fingerprint density at radius 3 is 2.68 bits per heavy atom. The summed E-state index contributed by atoms with van der Waals surface area (Å²) in [6.07, 6.45) is 1.70. The predicted octanol–water partition coefficient (Wildman–Crippen LogP) is 3.84. The topological polar surface area (TPSA) is 68.5 Å². The van der Waals surface area contributed by atoms with Gasteiger partial charge in [-0.05, 0) is 38.1 Å². The van der Waals surface area contributed by atoms with Crippen molar-refractivity contribution < 1.29 is 14.1 Å². The number of Topliss-reactive ketones (excluding diaryl/α,β-unsaturated/α-hetero) is 1. The quantitative estimate of drug-likeness (QED) is 0.608. The van der Waals surface area contributed by atoms with Crippen molar-refractivity contribution in [1.29, 1.82) is 0 Å². The van der Waals surface area contributed by atoms with Crippen LogP contribution >= 0.6 is 0 Å². The summed E-state index contributed by atoms with van der Waals surface area (Å²) in [6, 6.07) is 17.1. The molecule has 144 valence electrons. The third kappa shape index (κ3) is 4.12. The van der Waals surface area contributed by atoms with E-state index < -0.39 is 0 Å². The molecule has 0 saturated carbocycles. The molecule has 0 aliphatic carbocycles. The van der Waals surface area contributed by atoms with Crippen LogP contribution in [-0.4, -0.2) is 41.0 Å². The van der Waals surface area contributed by atoms with Crippen molar-refractivity contribution in [2.24, 2.45) is 5.92 Å². The molecule has 0 spiro atoms. The van der Waals surface area contributed by atoms with Crippen molar-refractivity contribution in [2.45, 2.75) is 19.4 Å². The Balaban J connectivity index is 1.34. The summed E-state index contributed by atoms with van der Waals surface area (Å²) in [5.74, 6) is 2.25. The third-order valence-corrected chi connectivity index (χ3v) is 5.17. The molecule has 0 bridgehead atoms. The molecule has 1 saturated heterocycles. The zero-order valence-corrected chi connectivity index (χ0v) is 15.9. The van der Waals surface area contributed by atoms with Gasteiger partial charge in [0.05, 0.1) is 13.7 Å². The highest BCUT2D eigenvalue weighted by Gasteiger charge is 2.26. The largest absolute Gasteiger partial charge is 0.497 e. The molecule has 1 aromatic heterocycles. The van der Waals surface area contributed by atoms with Crippen molar-refractivity contribution in [1.82, 2.24) is 15.0 Å². The number of ketones is 1. The number of ether oxygens (including phenoxy) is 1. The Kier molecular flexibility index (Phi) is 5.48. The van der Waals surface area contributed by atoms with E-state index in [9.17, 15) is 4.79 Å². The molecule has 2 aromatic carbocycles. The Morgan fingerprint density at radius 1 is 1.14 bits per heavy atom. The normalized spacial score (nSPS) is 15.5. The zero-order chi connectivity index (χ0) is 19.3. The summed E-state index contributed by atoms with van der Waals surface area (Å²) >= 11 is 0. The molecule has 0 radical (unpaired) electrons. The molecule has 1 aliphatic heterocycles. The maximum absolute atomic E-state index is 12.6. The minimum Gasteiger partial charge on any atom is -0.497 e. The molecular weight excluding hydrogens is 354 g/mol. The summed E-state index contributed by atoms with van der Waals surface area (Å²) in [7, 11) is 1.63. The number of methoxy groups -OCH3 is 1. The van der Waals surface area contributed by atoms with Gasteiger partial charge in [0.15, 0.2) is 5.78 Å². The van der Waals surface area contributed by atoms with Crippen molar-refractivity contribution in [2.75, 3.05) is 20.2 Å². The van der Waals surface area contributed by atoms with E-state index >= 15 is 0 Å². The molecule has 4 rings (SSSR count). The van der Waals surface area contributed by atoms with Gasteiger partial charge < -0.3 is 9.26 Å². The van der Waals surface area contributed by atoms with Gasteiger partial charge in [-0.3, -0.25) is 9.69 Å². The number of carbonyl (C=O) groups excluding carboxylic acids is 1. The summed E-state index contributed by atoms with van der Waals surface area (Å²) in [4.78, 5) is 19.4. The molecule has 0 amide bonds. The van der Waals surface area contributed by atoms with Crippen LogP contribution in [0.3, 0.4) is 0 Å². The smallest absolute Gasteiger partial charge is 0.241 e. The average Bonchev–Trinajstić information content (AvgIpc) is 3.23. The predicted molar refractivity (Wildman–Crippen MR) is 105 cm³/mol. The first-order valence-electron chi connectivity index (χ1n) is 9.51. The van der Waals surface area contributed by atoms with Crippen LogP contribution in [0.5, 0.6) is 5.75 Å². The molecule has 3 aromatic rings. The van der Waals surface area contributed by atoms with E-state index in [2.05, 4.69) is 15.0 Å². The fourth-order valence-corrected chi connectivity index (χ4v) is 3.58. The van der Waals surface area contributed by atoms with Crippen LogP contribution in [-0.2, 0) is 6.54 Å². The van der Waals surface area contributed by atoms with Crippen molar-refractivity contribution in [3.8, 4) is 17.1 Å².